The molecule has 0 atom stereocenters. The molecule has 2 amide bonds. The predicted molar refractivity (Wildman–Crippen MR) is 124 cm³/mol. The number of halogens is 1. The van der Waals surface area contributed by atoms with E-state index in [0.29, 0.717) is 11.3 Å². The molecule has 7 nitrogen and oxygen atoms in total. The number of benzene rings is 3. The standard InChI is InChI=1S/C24H24FN3O4S/c1-17-5-7-19(8-6-17)24(30)28-21-4-2-3-18(15-21)16-26-23(29)13-14-27-33(31,32)22-11-9-20(25)10-12-22/h2-12,15,27H,13-14,16H2,1H3,(H,26,29)(H,28,30). The second-order valence-corrected chi connectivity index (χ2v) is 9.17. The van der Waals surface area contributed by atoms with Gasteiger partial charge in [0, 0.05) is 30.8 Å². The number of hydrogen-bond donors (Lipinski definition) is 3. The third-order valence-corrected chi connectivity index (χ3v) is 6.23. The van der Waals surface area contributed by atoms with Crippen LogP contribution in [0.4, 0.5) is 10.1 Å². The topological polar surface area (TPSA) is 104 Å². The zero-order valence-electron chi connectivity index (χ0n) is 18.0. The molecule has 9 heteroatoms. The lowest BCUT2D eigenvalue weighted by Crippen LogP contribution is -2.30. The first kappa shape index (κ1) is 24.1. The molecule has 0 spiro atoms. The minimum absolute atomic E-state index is 0.0652. The fourth-order valence-corrected chi connectivity index (χ4v) is 3.98. The molecule has 172 valence electrons. The third kappa shape index (κ3) is 7.23. The summed E-state index contributed by atoms with van der Waals surface area (Å²) in [4.78, 5) is 24.4. The third-order valence-electron chi connectivity index (χ3n) is 4.76. The predicted octanol–water partition coefficient (Wildman–Crippen LogP) is 3.37. The Labute approximate surface area is 192 Å². The molecule has 0 radical (unpaired) electrons. The molecule has 3 N–H and O–H groups in total. The number of carbonyl (C=O) groups is 2. The van der Waals surface area contributed by atoms with E-state index in [1.54, 1.807) is 36.4 Å². The van der Waals surface area contributed by atoms with Crippen molar-refractivity contribution < 1.29 is 22.4 Å². The Bertz CT molecular complexity index is 1230. The summed E-state index contributed by atoms with van der Waals surface area (Å²) < 4.78 is 39.6. The van der Waals surface area contributed by atoms with Gasteiger partial charge in [-0.1, -0.05) is 29.8 Å². The second kappa shape index (κ2) is 10.8. The van der Waals surface area contributed by atoms with E-state index in [-0.39, 0.29) is 36.2 Å². The van der Waals surface area contributed by atoms with E-state index in [1.807, 2.05) is 19.1 Å². The Kier molecular flexibility index (Phi) is 7.92. The van der Waals surface area contributed by atoms with E-state index < -0.39 is 15.8 Å². The van der Waals surface area contributed by atoms with Crippen LogP contribution in [0.15, 0.2) is 77.7 Å². The molecule has 0 aliphatic rings. The monoisotopic (exact) mass is 469 g/mol. The smallest absolute Gasteiger partial charge is 0.255 e. The number of sulfonamides is 1. The molecule has 0 bridgehead atoms. The number of hydrogen-bond acceptors (Lipinski definition) is 4. The van der Waals surface area contributed by atoms with E-state index in [2.05, 4.69) is 15.4 Å². The molecule has 0 heterocycles. The molecule has 3 rings (SSSR count). The van der Waals surface area contributed by atoms with Gasteiger partial charge in [0.2, 0.25) is 15.9 Å². The fraction of sp³-hybridized carbons (Fsp3) is 0.167. The lowest BCUT2D eigenvalue weighted by molar-refractivity contribution is -0.121. The molecule has 3 aromatic carbocycles. The average Bonchev–Trinajstić information content (AvgIpc) is 2.78. The number of carbonyl (C=O) groups excluding carboxylic acids is 2. The molecule has 0 aliphatic heterocycles. The maximum absolute atomic E-state index is 12.9. The van der Waals surface area contributed by atoms with E-state index >= 15 is 0 Å². The van der Waals surface area contributed by atoms with Crippen LogP contribution >= 0.6 is 0 Å². The largest absolute Gasteiger partial charge is 0.352 e. The van der Waals surface area contributed by atoms with E-state index in [9.17, 15) is 22.4 Å². The van der Waals surface area contributed by atoms with Crippen molar-refractivity contribution in [1.29, 1.82) is 0 Å². The fourth-order valence-electron chi connectivity index (χ4n) is 2.95. The SMILES string of the molecule is Cc1ccc(C(=O)Nc2cccc(CNC(=O)CCNS(=O)(=O)c3ccc(F)cc3)c2)cc1. The highest BCUT2D eigenvalue weighted by molar-refractivity contribution is 7.89. The van der Waals surface area contributed by atoms with Crippen LogP contribution in [0.1, 0.15) is 27.9 Å². The van der Waals surface area contributed by atoms with Gasteiger partial charge in [-0.15, -0.1) is 0 Å². The van der Waals surface area contributed by atoms with Crippen molar-refractivity contribution >= 4 is 27.5 Å². The normalized spacial score (nSPS) is 11.1. The van der Waals surface area contributed by atoms with Crippen molar-refractivity contribution in [3.8, 4) is 0 Å². The lowest BCUT2D eigenvalue weighted by Gasteiger charge is -2.10. The van der Waals surface area contributed by atoms with Gasteiger partial charge in [0.1, 0.15) is 5.82 Å². The number of aryl methyl sites for hydroxylation is 1. The summed E-state index contributed by atoms with van der Waals surface area (Å²) in [5.74, 6) is -1.11. The number of rotatable bonds is 9. The molecule has 0 aliphatic carbocycles. The first-order valence-electron chi connectivity index (χ1n) is 10.2. The summed E-state index contributed by atoms with van der Waals surface area (Å²) in [6.07, 6.45) is -0.0652. The van der Waals surface area contributed by atoms with Crippen molar-refractivity contribution in [2.45, 2.75) is 24.8 Å². The summed E-state index contributed by atoms with van der Waals surface area (Å²) in [6, 6.07) is 18.7. The van der Waals surface area contributed by atoms with Crippen molar-refractivity contribution in [3.05, 3.63) is 95.3 Å². The van der Waals surface area contributed by atoms with E-state index in [4.69, 9.17) is 0 Å². The van der Waals surface area contributed by atoms with Gasteiger partial charge < -0.3 is 10.6 Å². The Morgan fingerprint density at radius 1 is 0.939 bits per heavy atom. The van der Waals surface area contributed by atoms with Crippen LogP contribution in [0.2, 0.25) is 0 Å². The zero-order valence-corrected chi connectivity index (χ0v) is 18.8. The summed E-state index contributed by atoms with van der Waals surface area (Å²) in [7, 11) is -3.82. The van der Waals surface area contributed by atoms with Crippen molar-refractivity contribution in [2.24, 2.45) is 0 Å². The Balaban J connectivity index is 1.46. The van der Waals surface area contributed by atoms with Gasteiger partial charge in [0.15, 0.2) is 0 Å². The van der Waals surface area contributed by atoms with Gasteiger partial charge in [-0.05, 0) is 61.0 Å². The Morgan fingerprint density at radius 3 is 2.33 bits per heavy atom. The summed E-state index contributed by atoms with van der Waals surface area (Å²) in [5, 5.41) is 5.54. The molecule has 0 saturated heterocycles. The van der Waals surface area contributed by atoms with Crippen molar-refractivity contribution in [3.63, 3.8) is 0 Å². The molecule has 3 aromatic rings. The van der Waals surface area contributed by atoms with Crippen molar-refractivity contribution in [2.75, 3.05) is 11.9 Å². The highest BCUT2D eigenvalue weighted by atomic mass is 32.2. The minimum Gasteiger partial charge on any atom is -0.352 e. The van der Waals surface area contributed by atoms with Gasteiger partial charge in [0.25, 0.3) is 5.91 Å². The Morgan fingerprint density at radius 2 is 1.64 bits per heavy atom. The average molecular weight is 470 g/mol. The molecule has 0 fully saturated rings. The molecule has 0 unspecified atom stereocenters. The summed E-state index contributed by atoms with van der Waals surface area (Å²) in [5.41, 5.74) is 2.98. The van der Waals surface area contributed by atoms with Gasteiger partial charge in [0.05, 0.1) is 4.90 Å². The highest BCUT2D eigenvalue weighted by Gasteiger charge is 2.14. The molecule has 0 aromatic heterocycles. The summed E-state index contributed by atoms with van der Waals surface area (Å²) in [6.45, 7) is 2.07. The maximum atomic E-state index is 12.9. The molecule has 33 heavy (non-hydrogen) atoms. The first-order valence-corrected chi connectivity index (χ1v) is 11.7. The van der Waals surface area contributed by atoms with Crippen LogP contribution in [0, 0.1) is 12.7 Å². The molecule has 0 saturated carbocycles. The highest BCUT2D eigenvalue weighted by Crippen LogP contribution is 2.13. The maximum Gasteiger partial charge on any atom is 0.255 e. The van der Waals surface area contributed by atoms with Gasteiger partial charge in [-0.25, -0.2) is 17.5 Å². The van der Waals surface area contributed by atoms with E-state index in [0.717, 1.165) is 35.4 Å². The number of nitrogens with one attached hydrogen (secondary N) is 3. The van der Waals surface area contributed by atoms with Gasteiger partial charge in [-0.3, -0.25) is 9.59 Å². The second-order valence-electron chi connectivity index (χ2n) is 7.40. The van der Waals surface area contributed by atoms with Crippen LogP contribution in [0.25, 0.3) is 0 Å². The van der Waals surface area contributed by atoms with Crippen LogP contribution < -0.4 is 15.4 Å². The van der Waals surface area contributed by atoms with Gasteiger partial charge in [-0.2, -0.15) is 0 Å². The first-order chi connectivity index (χ1) is 15.7. The van der Waals surface area contributed by atoms with E-state index in [1.165, 1.54) is 0 Å². The lowest BCUT2D eigenvalue weighted by atomic mass is 10.1. The number of anilines is 1. The number of amides is 2. The van der Waals surface area contributed by atoms with Crippen LogP contribution in [-0.4, -0.2) is 26.8 Å². The van der Waals surface area contributed by atoms with Crippen LogP contribution in [-0.2, 0) is 21.4 Å². The zero-order chi connectivity index (χ0) is 23.8. The van der Waals surface area contributed by atoms with Crippen LogP contribution in [0.5, 0.6) is 0 Å². The van der Waals surface area contributed by atoms with Gasteiger partial charge >= 0.3 is 0 Å². The quantitative estimate of drug-likeness (QED) is 0.447. The summed E-state index contributed by atoms with van der Waals surface area (Å²) >= 11 is 0. The molecular weight excluding hydrogens is 445 g/mol. The minimum atomic E-state index is -3.82. The van der Waals surface area contributed by atoms with Crippen molar-refractivity contribution in [1.82, 2.24) is 10.0 Å². The van der Waals surface area contributed by atoms with Crippen LogP contribution in [0.3, 0.4) is 0 Å². The molecular formula is C24H24FN3O4S. The Hall–Kier alpha value is -3.56.